The third-order valence-electron chi connectivity index (χ3n) is 5.04. The third kappa shape index (κ3) is 2.63. The molecule has 1 unspecified atom stereocenters. The number of aromatic nitrogens is 4. The van der Waals surface area contributed by atoms with E-state index in [1.807, 2.05) is 13.8 Å². The lowest BCUT2D eigenvalue weighted by Crippen LogP contribution is -2.46. The maximum atomic E-state index is 12.8. The lowest BCUT2D eigenvalue weighted by Gasteiger charge is -2.41. The van der Waals surface area contributed by atoms with E-state index in [1.54, 1.807) is 25.0 Å². The van der Waals surface area contributed by atoms with Gasteiger partial charge in [-0.05, 0) is 38.0 Å². The highest BCUT2D eigenvalue weighted by Crippen LogP contribution is 2.41. The van der Waals surface area contributed by atoms with Gasteiger partial charge in [0.15, 0.2) is 11.2 Å². The van der Waals surface area contributed by atoms with Crippen LogP contribution in [0.1, 0.15) is 39.5 Å². The second-order valence-corrected chi connectivity index (χ2v) is 7.60. The minimum Gasteiger partial charge on any atom is -0.390 e. The summed E-state index contributed by atoms with van der Waals surface area (Å²) in [4.78, 5) is 29.5. The van der Waals surface area contributed by atoms with Crippen LogP contribution in [0.4, 0.5) is 0 Å². The molecule has 1 N–H and O–H groups in total. The number of hydrogen-bond acceptors (Lipinski definition) is 4. The van der Waals surface area contributed by atoms with Crippen LogP contribution in [0.5, 0.6) is 0 Å². The van der Waals surface area contributed by atoms with Crippen molar-refractivity contribution >= 4 is 11.2 Å². The van der Waals surface area contributed by atoms with Crippen molar-refractivity contribution in [2.24, 2.45) is 19.5 Å². The smallest absolute Gasteiger partial charge is 0.332 e. The van der Waals surface area contributed by atoms with Crippen LogP contribution >= 0.6 is 0 Å². The lowest BCUT2D eigenvalue weighted by molar-refractivity contribution is -0.0356. The second-order valence-electron chi connectivity index (χ2n) is 7.60. The van der Waals surface area contributed by atoms with Crippen LogP contribution in [0.3, 0.4) is 0 Å². The Kier molecular flexibility index (Phi) is 3.51. The fraction of sp³-hybridized carbons (Fsp3) is 0.688. The number of fused-ring (bicyclic) bond motifs is 1. The van der Waals surface area contributed by atoms with E-state index >= 15 is 0 Å². The summed E-state index contributed by atoms with van der Waals surface area (Å²) in [6.07, 6.45) is 4.67. The summed E-state index contributed by atoms with van der Waals surface area (Å²) < 4.78 is 4.36. The first-order valence-corrected chi connectivity index (χ1v) is 7.97. The molecule has 0 saturated heterocycles. The Morgan fingerprint density at radius 1 is 1.26 bits per heavy atom. The Hall–Kier alpha value is -1.89. The summed E-state index contributed by atoms with van der Waals surface area (Å²) in [5.41, 5.74) is -0.845. The van der Waals surface area contributed by atoms with Gasteiger partial charge in [0.2, 0.25) is 0 Å². The zero-order valence-electron chi connectivity index (χ0n) is 14.2. The zero-order chi connectivity index (χ0) is 17.0. The summed E-state index contributed by atoms with van der Waals surface area (Å²) >= 11 is 0. The Balaban J connectivity index is 2.12. The van der Waals surface area contributed by atoms with Gasteiger partial charge >= 0.3 is 5.69 Å². The maximum Gasteiger partial charge on any atom is 0.332 e. The third-order valence-corrected chi connectivity index (χ3v) is 5.04. The topological polar surface area (TPSA) is 82.1 Å². The van der Waals surface area contributed by atoms with Gasteiger partial charge < -0.3 is 9.67 Å². The molecule has 7 nitrogen and oxygen atoms in total. The molecule has 0 radical (unpaired) electrons. The highest BCUT2D eigenvalue weighted by atomic mass is 16.3. The second kappa shape index (κ2) is 5.06. The zero-order valence-corrected chi connectivity index (χ0v) is 14.2. The van der Waals surface area contributed by atoms with Crippen molar-refractivity contribution in [1.29, 1.82) is 0 Å². The molecule has 0 spiro atoms. The molecule has 0 amide bonds. The average Bonchev–Trinajstić information content (AvgIpc) is 2.82. The van der Waals surface area contributed by atoms with Crippen molar-refractivity contribution in [3.05, 3.63) is 27.2 Å². The number of rotatable bonds is 2. The fourth-order valence-electron chi connectivity index (χ4n) is 4.04. The summed E-state index contributed by atoms with van der Waals surface area (Å²) in [5.74, 6) is 0. The van der Waals surface area contributed by atoms with E-state index in [4.69, 9.17) is 0 Å². The number of imidazole rings is 1. The Labute approximate surface area is 134 Å². The van der Waals surface area contributed by atoms with E-state index in [9.17, 15) is 14.7 Å². The van der Waals surface area contributed by atoms with E-state index in [0.29, 0.717) is 24.1 Å². The summed E-state index contributed by atoms with van der Waals surface area (Å²) in [7, 11) is 3.38. The fourth-order valence-corrected chi connectivity index (χ4v) is 4.04. The first kappa shape index (κ1) is 16.0. The van der Waals surface area contributed by atoms with Gasteiger partial charge in [-0.15, -0.1) is 0 Å². The molecule has 2 aromatic heterocycles. The molecule has 1 saturated carbocycles. The minimum absolute atomic E-state index is 0.274. The van der Waals surface area contributed by atoms with Crippen molar-refractivity contribution in [2.75, 3.05) is 0 Å². The molecule has 0 bridgehead atoms. The molecule has 0 aromatic carbocycles. The van der Waals surface area contributed by atoms with Gasteiger partial charge in [0.25, 0.3) is 5.56 Å². The molecule has 1 aliphatic rings. The molecule has 7 heteroatoms. The van der Waals surface area contributed by atoms with Gasteiger partial charge in [0.1, 0.15) is 0 Å². The van der Waals surface area contributed by atoms with Crippen molar-refractivity contribution in [1.82, 2.24) is 18.7 Å². The molecular formula is C16H24N4O3. The van der Waals surface area contributed by atoms with Gasteiger partial charge in [-0.25, -0.2) is 9.78 Å². The Morgan fingerprint density at radius 2 is 1.96 bits per heavy atom. The van der Waals surface area contributed by atoms with Gasteiger partial charge in [-0.1, -0.05) is 6.92 Å². The van der Waals surface area contributed by atoms with E-state index < -0.39 is 5.60 Å². The summed E-state index contributed by atoms with van der Waals surface area (Å²) in [5, 5.41) is 10.4. The van der Waals surface area contributed by atoms with Gasteiger partial charge in [0, 0.05) is 20.6 Å². The predicted molar refractivity (Wildman–Crippen MR) is 87.4 cm³/mol. The highest BCUT2D eigenvalue weighted by Gasteiger charge is 2.39. The van der Waals surface area contributed by atoms with Gasteiger partial charge in [-0.2, -0.15) is 0 Å². The number of nitrogens with zero attached hydrogens (tertiary/aromatic N) is 4. The molecule has 1 fully saturated rings. The standard InChI is InChI=1S/C16H24N4O3/c1-15(6-5-7-16(2,23)8-15)9-20-13(21)11-12(17-10-18(11)3)19(4)14(20)22/h10,23H,5-9H2,1-4H3/t15-,16?/m1/s1. The van der Waals surface area contributed by atoms with Crippen molar-refractivity contribution in [3.8, 4) is 0 Å². The van der Waals surface area contributed by atoms with Crippen LogP contribution in [0.25, 0.3) is 11.2 Å². The van der Waals surface area contributed by atoms with Crippen LogP contribution in [-0.2, 0) is 20.6 Å². The van der Waals surface area contributed by atoms with Gasteiger partial charge in [-0.3, -0.25) is 13.9 Å². The van der Waals surface area contributed by atoms with E-state index in [2.05, 4.69) is 4.98 Å². The van der Waals surface area contributed by atoms with Crippen molar-refractivity contribution in [2.45, 2.75) is 51.7 Å². The van der Waals surface area contributed by atoms with Gasteiger partial charge in [0.05, 0.1) is 11.9 Å². The predicted octanol–water partition coefficient (Wildman–Crippen LogP) is 0.765. The van der Waals surface area contributed by atoms with Crippen molar-refractivity contribution in [3.63, 3.8) is 0 Å². The first-order chi connectivity index (χ1) is 10.6. The number of aryl methyl sites for hydroxylation is 2. The number of aliphatic hydroxyl groups is 1. The van der Waals surface area contributed by atoms with E-state index in [-0.39, 0.29) is 16.7 Å². The molecule has 126 valence electrons. The minimum atomic E-state index is -0.738. The Morgan fingerprint density at radius 3 is 2.61 bits per heavy atom. The normalized spacial score (nSPS) is 28.4. The highest BCUT2D eigenvalue weighted by molar-refractivity contribution is 5.69. The lowest BCUT2D eigenvalue weighted by atomic mass is 9.69. The molecule has 0 aliphatic heterocycles. The SMILES string of the molecule is Cn1cnc2c1c(=O)n(C[C@]1(C)CCCC(C)(O)C1)c(=O)n2C. The van der Waals surface area contributed by atoms with Crippen LogP contribution < -0.4 is 11.2 Å². The molecule has 23 heavy (non-hydrogen) atoms. The van der Waals surface area contributed by atoms with E-state index in [1.165, 1.54) is 9.13 Å². The van der Waals surface area contributed by atoms with Crippen LogP contribution in [0, 0.1) is 5.41 Å². The molecule has 2 heterocycles. The molecule has 2 atom stereocenters. The Bertz CT molecular complexity index is 874. The largest absolute Gasteiger partial charge is 0.390 e. The molecule has 3 rings (SSSR count). The maximum absolute atomic E-state index is 12.8. The van der Waals surface area contributed by atoms with Crippen molar-refractivity contribution < 1.29 is 5.11 Å². The number of hydrogen-bond donors (Lipinski definition) is 1. The molecule has 1 aliphatic carbocycles. The molecular weight excluding hydrogens is 296 g/mol. The first-order valence-electron chi connectivity index (χ1n) is 7.97. The average molecular weight is 320 g/mol. The van der Waals surface area contributed by atoms with Crippen LogP contribution in [0.2, 0.25) is 0 Å². The van der Waals surface area contributed by atoms with Crippen LogP contribution in [0.15, 0.2) is 15.9 Å². The van der Waals surface area contributed by atoms with Crippen LogP contribution in [-0.4, -0.2) is 29.4 Å². The van der Waals surface area contributed by atoms with E-state index in [0.717, 1.165) is 19.3 Å². The molecule has 2 aromatic rings. The monoisotopic (exact) mass is 320 g/mol. The summed E-state index contributed by atoms with van der Waals surface area (Å²) in [6.45, 7) is 4.19. The quantitative estimate of drug-likeness (QED) is 0.886. The summed E-state index contributed by atoms with van der Waals surface area (Å²) in [6, 6.07) is 0.